The van der Waals surface area contributed by atoms with Crippen LogP contribution in [0, 0.1) is 5.82 Å². The van der Waals surface area contributed by atoms with E-state index in [1.54, 1.807) is 6.07 Å². The minimum atomic E-state index is -2.72. The molecule has 3 aliphatic heterocycles. The van der Waals surface area contributed by atoms with Gasteiger partial charge in [-0.1, -0.05) is 86.6 Å². The van der Waals surface area contributed by atoms with Crippen LogP contribution < -0.4 is 20.2 Å². The molecule has 0 spiro atoms. The van der Waals surface area contributed by atoms with Gasteiger partial charge in [-0.15, -0.1) is 0 Å². The highest BCUT2D eigenvalue weighted by Gasteiger charge is 2.50. The highest BCUT2D eigenvalue weighted by atomic mass is 28.4. The van der Waals surface area contributed by atoms with Crippen molar-refractivity contribution in [3.05, 3.63) is 78.1 Å². The number of morpholine rings is 1. The molecule has 0 bridgehead atoms. The van der Waals surface area contributed by atoms with Crippen LogP contribution in [0.15, 0.2) is 71.3 Å². The van der Waals surface area contributed by atoms with Crippen LogP contribution in [0.25, 0.3) is 11.0 Å². The van der Waals surface area contributed by atoms with Crippen molar-refractivity contribution in [1.29, 1.82) is 0 Å². The van der Waals surface area contributed by atoms with Crippen LogP contribution in [0.3, 0.4) is 0 Å². The van der Waals surface area contributed by atoms with Crippen molar-refractivity contribution < 1.29 is 37.1 Å². The number of rotatable bonds is 10. The molecule has 3 saturated heterocycles. The van der Waals surface area contributed by atoms with Crippen molar-refractivity contribution in [3.63, 3.8) is 0 Å². The molecular formula is C38H46FN3O7Si. The van der Waals surface area contributed by atoms with Gasteiger partial charge in [0.1, 0.15) is 6.61 Å². The summed E-state index contributed by atoms with van der Waals surface area (Å²) in [4.78, 5) is 16.7. The van der Waals surface area contributed by atoms with E-state index in [4.69, 9.17) is 27.9 Å². The van der Waals surface area contributed by atoms with E-state index in [0.29, 0.717) is 62.4 Å². The summed E-state index contributed by atoms with van der Waals surface area (Å²) in [6, 6.07) is 22.5. The number of amides is 1. The Morgan fingerprint density at radius 3 is 2.18 bits per heavy atom. The van der Waals surface area contributed by atoms with Gasteiger partial charge in [-0.3, -0.25) is 4.90 Å². The molecule has 3 fully saturated rings. The lowest BCUT2D eigenvalue weighted by Gasteiger charge is -2.43. The molecule has 12 heteroatoms. The number of fused-ring (bicyclic) bond motifs is 1. The number of hydrogen-bond acceptors (Lipinski definition) is 9. The first kappa shape index (κ1) is 34.6. The molecule has 7 rings (SSSR count). The molecule has 266 valence electrons. The zero-order chi connectivity index (χ0) is 35.0. The largest absolute Gasteiger partial charge is 0.447 e. The van der Waals surface area contributed by atoms with E-state index < -0.39 is 26.5 Å². The highest BCUT2D eigenvalue weighted by molar-refractivity contribution is 6.99. The van der Waals surface area contributed by atoms with E-state index in [1.165, 1.54) is 15.3 Å². The molecule has 0 saturated carbocycles. The Bertz CT molecular complexity index is 1750. The molecule has 4 heterocycles. The molecule has 50 heavy (non-hydrogen) atoms. The fourth-order valence-corrected chi connectivity index (χ4v) is 12.5. The zero-order valence-electron chi connectivity index (χ0n) is 29.4. The molecule has 3 aliphatic rings. The monoisotopic (exact) mass is 703 g/mol. The second-order valence-electron chi connectivity index (χ2n) is 14.5. The third-order valence-corrected chi connectivity index (χ3v) is 14.9. The number of benzene rings is 3. The van der Waals surface area contributed by atoms with E-state index >= 15 is 4.39 Å². The smallest absolute Gasteiger partial charge is 0.416 e. The molecule has 0 unspecified atom stereocenters. The van der Waals surface area contributed by atoms with Crippen LogP contribution in [-0.2, 0) is 23.4 Å². The van der Waals surface area contributed by atoms with Crippen molar-refractivity contribution in [1.82, 2.24) is 5.16 Å². The van der Waals surface area contributed by atoms with Crippen LogP contribution in [0.2, 0.25) is 5.04 Å². The lowest BCUT2D eigenvalue weighted by Crippen LogP contribution is -2.66. The number of carbonyl (C=O) groups is 1. The third-order valence-electron chi connectivity index (χ3n) is 9.91. The number of aromatic nitrogens is 1. The summed E-state index contributed by atoms with van der Waals surface area (Å²) < 4.78 is 52.6. The molecule has 0 N–H and O–H groups in total. The van der Waals surface area contributed by atoms with E-state index in [1.807, 2.05) is 30.9 Å². The SMILES string of the molecule is C[C@@H]1CN(c2c(C3OCCO3)cc3c(N4C(=O)OC[C@@H]4CCCO[Si](c4ccccc4)(c4ccccc4)C(C)(C)C)noc3c2F)C[C@@H](C)O1. The van der Waals surface area contributed by atoms with Gasteiger partial charge in [0, 0.05) is 25.3 Å². The van der Waals surface area contributed by atoms with E-state index in [9.17, 15) is 4.79 Å². The molecule has 4 aromatic rings. The first-order valence-corrected chi connectivity index (χ1v) is 19.5. The Morgan fingerprint density at radius 2 is 1.58 bits per heavy atom. The van der Waals surface area contributed by atoms with Gasteiger partial charge in [0.05, 0.1) is 42.5 Å². The van der Waals surface area contributed by atoms with Gasteiger partial charge in [0.15, 0.2) is 17.9 Å². The second-order valence-corrected chi connectivity index (χ2v) is 18.8. The van der Waals surface area contributed by atoms with Crippen molar-refractivity contribution in [2.24, 2.45) is 0 Å². The highest BCUT2D eigenvalue weighted by Crippen LogP contribution is 2.43. The molecule has 1 amide bonds. The Kier molecular flexibility index (Phi) is 9.74. The van der Waals surface area contributed by atoms with Crippen LogP contribution >= 0.6 is 0 Å². The van der Waals surface area contributed by atoms with E-state index in [0.717, 1.165) is 0 Å². The summed E-state index contributed by atoms with van der Waals surface area (Å²) in [5.74, 6) is -0.353. The molecule has 1 aromatic heterocycles. The van der Waals surface area contributed by atoms with Crippen molar-refractivity contribution in [2.75, 3.05) is 49.3 Å². The number of carbonyl (C=O) groups excluding carboxylic acids is 1. The van der Waals surface area contributed by atoms with Gasteiger partial charge in [-0.25, -0.2) is 9.18 Å². The van der Waals surface area contributed by atoms with Crippen LogP contribution in [-0.4, -0.2) is 77.3 Å². The minimum absolute atomic E-state index is 0.0305. The number of ether oxygens (including phenoxy) is 4. The normalized spacial score (nSPS) is 22.1. The van der Waals surface area contributed by atoms with E-state index in [2.05, 4.69) is 74.5 Å². The zero-order valence-corrected chi connectivity index (χ0v) is 30.4. The maximum atomic E-state index is 16.6. The van der Waals surface area contributed by atoms with Gasteiger partial charge >= 0.3 is 6.09 Å². The van der Waals surface area contributed by atoms with Crippen molar-refractivity contribution in [3.8, 4) is 0 Å². The number of cyclic esters (lactones) is 1. The summed E-state index contributed by atoms with van der Waals surface area (Å²) in [5.41, 5.74) is 0.841. The third kappa shape index (κ3) is 6.32. The van der Waals surface area contributed by atoms with Gasteiger partial charge in [0.25, 0.3) is 8.32 Å². The molecule has 0 aliphatic carbocycles. The van der Waals surface area contributed by atoms with Gasteiger partial charge in [-0.05, 0) is 48.2 Å². The Labute approximate surface area is 293 Å². The molecule has 10 nitrogen and oxygen atoms in total. The van der Waals surface area contributed by atoms with Crippen LogP contribution in [0.1, 0.15) is 59.3 Å². The first-order chi connectivity index (χ1) is 24.1. The Morgan fingerprint density at radius 1 is 0.960 bits per heavy atom. The standard InChI is InChI=1S/C38H46FN3O7Si/c1-25-22-41(23-26(2)48-25)33-30(36-44-19-20-45-36)21-31-34(32(33)39)49-40-35(31)42-27(24-46-37(42)43)13-12-18-47-50(38(3,4)5,28-14-8-6-9-15-28)29-16-10-7-11-17-29/h6-11,14-17,21,25-27,36H,12-13,18-20,22-24H2,1-5H3/t25-,26-,27+/m1/s1. The molecule has 0 radical (unpaired) electrons. The minimum Gasteiger partial charge on any atom is -0.447 e. The van der Waals surface area contributed by atoms with Gasteiger partial charge < -0.3 is 32.8 Å². The summed E-state index contributed by atoms with van der Waals surface area (Å²) >= 11 is 0. The summed E-state index contributed by atoms with van der Waals surface area (Å²) in [7, 11) is -2.72. The second kappa shape index (κ2) is 14.1. The van der Waals surface area contributed by atoms with Gasteiger partial charge in [-0.2, -0.15) is 0 Å². The maximum absolute atomic E-state index is 16.6. The topological polar surface area (TPSA) is 95.7 Å². The van der Waals surface area contributed by atoms with Crippen molar-refractivity contribution in [2.45, 2.75) is 77.0 Å². The van der Waals surface area contributed by atoms with Crippen LogP contribution in [0.5, 0.6) is 0 Å². The lowest BCUT2D eigenvalue weighted by molar-refractivity contribution is -0.0445. The van der Waals surface area contributed by atoms with Gasteiger partial charge in [0.2, 0.25) is 5.58 Å². The van der Waals surface area contributed by atoms with E-state index in [-0.39, 0.29) is 41.3 Å². The summed E-state index contributed by atoms with van der Waals surface area (Å²) in [6.07, 6.45) is -0.257. The number of halogens is 1. The predicted molar refractivity (Wildman–Crippen MR) is 191 cm³/mol. The van der Waals surface area contributed by atoms with Crippen molar-refractivity contribution >= 4 is 47.3 Å². The Hall–Kier alpha value is -3.81. The number of nitrogens with zero attached hydrogens (tertiary/aromatic N) is 3. The summed E-state index contributed by atoms with van der Waals surface area (Å²) in [6.45, 7) is 13.1. The summed E-state index contributed by atoms with van der Waals surface area (Å²) in [5, 5.41) is 6.89. The number of hydrogen-bond donors (Lipinski definition) is 0. The first-order valence-electron chi connectivity index (χ1n) is 17.5. The lowest BCUT2D eigenvalue weighted by atomic mass is 10.0. The van der Waals surface area contributed by atoms with Crippen LogP contribution in [0.4, 0.5) is 20.7 Å². The average molecular weight is 704 g/mol. The fourth-order valence-electron chi connectivity index (χ4n) is 7.85. The maximum Gasteiger partial charge on any atom is 0.416 e. The molecule has 3 atom stereocenters. The fraction of sp³-hybridized carbons (Fsp3) is 0.474. The number of anilines is 2. The Balaban J connectivity index is 1.16. The molecule has 3 aromatic carbocycles. The molecular weight excluding hydrogens is 658 g/mol. The average Bonchev–Trinajstić information content (AvgIpc) is 3.85. The predicted octanol–water partition coefficient (Wildman–Crippen LogP) is 6.31. The quantitative estimate of drug-likeness (QED) is 0.139.